The SMILES string of the molecule is Cc1ccc(C(=O)N[C@H](C)c2nc3ccccc3n2Cc2ccc(F)cc2)cc1. The quantitative estimate of drug-likeness (QED) is 0.522. The number of benzene rings is 3. The number of carbonyl (C=O) groups excluding carboxylic acids is 1. The average Bonchev–Trinajstić information content (AvgIpc) is 3.09. The van der Waals surface area contributed by atoms with Crippen LogP contribution in [0.4, 0.5) is 4.39 Å². The second kappa shape index (κ2) is 7.87. The Kier molecular flexibility index (Phi) is 5.12. The fraction of sp³-hybridized carbons (Fsp3) is 0.167. The largest absolute Gasteiger partial charge is 0.342 e. The van der Waals surface area contributed by atoms with Crippen LogP contribution in [0.2, 0.25) is 0 Å². The first-order valence-electron chi connectivity index (χ1n) is 9.58. The molecule has 1 amide bonds. The van der Waals surface area contributed by atoms with Crippen molar-refractivity contribution < 1.29 is 9.18 Å². The number of aromatic nitrogens is 2. The number of amides is 1. The Morgan fingerprint density at radius 3 is 2.45 bits per heavy atom. The van der Waals surface area contributed by atoms with Crippen molar-refractivity contribution in [2.75, 3.05) is 0 Å². The standard InChI is InChI=1S/C24H22FN3O/c1-16-7-11-19(12-8-16)24(29)26-17(2)23-27-21-5-3-4-6-22(21)28(23)15-18-9-13-20(25)14-10-18/h3-14,17H,15H2,1-2H3,(H,26,29)/t17-/m1/s1. The summed E-state index contributed by atoms with van der Waals surface area (Å²) in [7, 11) is 0. The van der Waals surface area contributed by atoms with Crippen LogP contribution in [0.15, 0.2) is 72.8 Å². The van der Waals surface area contributed by atoms with E-state index >= 15 is 0 Å². The molecule has 0 radical (unpaired) electrons. The normalized spacial score (nSPS) is 12.1. The number of rotatable bonds is 5. The lowest BCUT2D eigenvalue weighted by atomic mass is 10.1. The Hall–Kier alpha value is -3.47. The summed E-state index contributed by atoms with van der Waals surface area (Å²) in [6.07, 6.45) is 0. The van der Waals surface area contributed by atoms with E-state index in [2.05, 4.69) is 9.88 Å². The number of hydrogen-bond acceptors (Lipinski definition) is 2. The first kappa shape index (κ1) is 18.9. The van der Waals surface area contributed by atoms with Crippen LogP contribution in [-0.4, -0.2) is 15.5 Å². The molecule has 29 heavy (non-hydrogen) atoms. The molecule has 0 spiro atoms. The fourth-order valence-electron chi connectivity index (χ4n) is 3.41. The molecule has 4 nitrogen and oxygen atoms in total. The van der Waals surface area contributed by atoms with Crippen LogP contribution in [0.25, 0.3) is 11.0 Å². The molecule has 0 saturated heterocycles. The first-order chi connectivity index (χ1) is 14.0. The predicted octanol–water partition coefficient (Wildman–Crippen LogP) is 5.02. The summed E-state index contributed by atoms with van der Waals surface area (Å²) < 4.78 is 15.4. The maximum atomic E-state index is 13.3. The molecule has 5 heteroatoms. The summed E-state index contributed by atoms with van der Waals surface area (Å²) in [5.41, 5.74) is 4.52. The molecular formula is C24H22FN3O. The van der Waals surface area contributed by atoms with Crippen LogP contribution < -0.4 is 5.32 Å². The zero-order valence-corrected chi connectivity index (χ0v) is 16.4. The Balaban J connectivity index is 1.65. The van der Waals surface area contributed by atoms with Crippen molar-refractivity contribution in [2.24, 2.45) is 0 Å². The van der Waals surface area contributed by atoms with E-state index in [9.17, 15) is 9.18 Å². The molecule has 0 fully saturated rings. The smallest absolute Gasteiger partial charge is 0.251 e. The van der Waals surface area contributed by atoms with Gasteiger partial charge in [-0.3, -0.25) is 4.79 Å². The summed E-state index contributed by atoms with van der Waals surface area (Å²) in [6.45, 7) is 4.46. The molecule has 1 heterocycles. The summed E-state index contributed by atoms with van der Waals surface area (Å²) >= 11 is 0. The van der Waals surface area contributed by atoms with Gasteiger partial charge in [-0.15, -0.1) is 0 Å². The summed E-state index contributed by atoms with van der Waals surface area (Å²) in [5, 5.41) is 3.05. The van der Waals surface area contributed by atoms with Crippen molar-refractivity contribution in [1.29, 1.82) is 0 Å². The maximum Gasteiger partial charge on any atom is 0.251 e. The van der Waals surface area contributed by atoms with Gasteiger partial charge in [0, 0.05) is 12.1 Å². The van der Waals surface area contributed by atoms with Gasteiger partial charge in [0.2, 0.25) is 0 Å². The minimum atomic E-state index is -0.295. The second-order valence-corrected chi connectivity index (χ2v) is 7.23. The number of carbonyl (C=O) groups is 1. The van der Waals surface area contributed by atoms with E-state index in [1.807, 2.05) is 62.4 Å². The van der Waals surface area contributed by atoms with Gasteiger partial charge in [-0.2, -0.15) is 0 Å². The van der Waals surface area contributed by atoms with Crippen molar-refractivity contribution in [3.63, 3.8) is 0 Å². The van der Waals surface area contributed by atoms with Gasteiger partial charge in [0.1, 0.15) is 11.6 Å². The lowest BCUT2D eigenvalue weighted by Gasteiger charge is -2.17. The molecule has 0 aliphatic carbocycles. The molecule has 0 saturated carbocycles. The minimum Gasteiger partial charge on any atom is -0.342 e. The van der Waals surface area contributed by atoms with Gasteiger partial charge >= 0.3 is 0 Å². The molecule has 0 bridgehead atoms. The van der Waals surface area contributed by atoms with Crippen molar-refractivity contribution in [2.45, 2.75) is 26.4 Å². The van der Waals surface area contributed by atoms with E-state index in [0.29, 0.717) is 12.1 Å². The number of halogens is 1. The van der Waals surface area contributed by atoms with Crippen LogP contribution in [0.1, 0.15) is 40.3 Å². The molecule has 4 aromatic rings. The second-order valence-electron chi connectivity index (χ2n) is 7.23. The highest BCUT2D eigenvalue weighted by molar-refractivity contribution is 5.94. The summed E-state index contributed by atoms with van der Waals surface area (Å²) in [6, 6.07) is 21.5. The Morgan fingerprint density at radius 1 is 1.03 bits per heavy atom. The Labute approximate surface area is 169 Å². The lowest BCUT2D eigenvalue weighted by Crippen LogP contribution is -2.28. The first-order valence-corrected chi connectivity index (χ1v) is 9.58. The maximum absolute atomic E-state index is 13.3. The van der Waals surface area contributed by atoms with Gasteiger partial charge in [0.15, 0.2) is 0 Å². The van der Waals surface area contributed by atoms with E-state index < -0.39 is 0 Å². The molecule has 1 atom stereocenters. The van der Waals surface area contributed by atoms with Gasteiger partial charge in [-0.05, 0) is 55.8 Å². The third-order valence-corrected chi connectivity index (χ3v) is 4.99. The molecule has 1 N–H and O–H groups in total. The van der Waals surface area contributed by atoms with E-state index in [-0.39, 0.29) is 17.8 Å². The molecular weight excluding hydrogens is 365 g/mol. The zero-order chi connectivity index (χ0) is 20.4. The molecule has 0 aliphatic rings. The van der Waals surface area contributed by atoms with E-state index in [4.69, 9.17) is 4.98 Å². The number of imidazole rings is 1. The number of para-hydroxylation sites is 2. The van der Waals surface area contributed by atoms with E-state index in [1.54, 1.807) is 12.1 Å². The molecule has 3 aromatic carbocycles. The van der Waals surface area contributed by atoms with Crippen LogP contribution in [0, 0.1) is 12.7 Å². The number of fused-ring (bicyclic) bond motifs is 1. The highest BCUT2D eigenvalue weighted by Crippen LogP contribution is 2.23. The van der Waals surface area contributed by atoms with Gasteiger partial charge in [-0.1, -0.05) is 42.0 Å². The average molecular weight is 387 g/mol. The molecule has 1 aromatic heterocycles. The monoisotopic (exact) mass is 387 g/mol. The van der Waals surface area contributed by atoms with Crippen LogP contribution in [-0.2, 0) is 6.54 Å². The third kappa shape index (κ3) is 4.04. The van der Waals surface area contributed by atoms with Crippen molar-refractivity contribution >= 4 is 16.9 Å². The highest BCUT2D eigenvalue weighted by Gasteiger charge is 2.19. The molecule has 0 unspecified atom stereocenters. The van der Waals surface area contributed by atoms with E-state index in [1.165, 1.54) is 12.1 Å². The molecule has 0 aliphatic heterocycles. The van der Waals surface area contributed by atoms with Crippen molar-refractivity contribution in [1.82, 2.24) is 14.9 Å². The highest BCUT2D eigenvalue weighted by atomic mass is 19.1. The van der Waals surface area contributed by atoms with Gasteiger partial charge in [0.05, 0.1) is 17.1 Å². The van der Waals surface area contributed by atoms with E-state index in [0.717, 1.165) is 28.0 Å². The number of nitrogens with zero attached hydrogens (tertiary/aromatic N) is 2. The Morgan fingerprint density at radius 2 is 1.72 bits per heavy atom. The number of aryl methyl sites for hydroxylation is 1. The summed E-state index contributed by atoms with van der Waals surface area (Å²) in [4.78, 5) is 17.4. The molecule has 146 valence electrons. The van der Waals surface area contributed by atoms with Gasteiger partial charge < -0.3 is 9.88 Å². The van der Waals surface area contributed by atoms with Crippen LogP contribution >= 0.6 is 0 Å². The lowest BCUT2D eigenvalue weighted by molar-refractivity contribution is 0.0938. The minimum absolute atomic E-state index is 0.141. The van der Waals surface area contributed by atoms with Crippen molar-refractivity contribution in [3.05, 3.63) is 101 Å². The van der Waals surface area contributed by atoms with Gasteiger partial charge in [-0.25, -0.2) is 9.37 Å². The fourth-order valence-corrected chi connectivity index (χ4v) is 3.41. The zero-order valence-electron chi connectivity index (χ0n) is 16.4. The topological polar surface area (TPSA) is 46.9 Å². The van der Waals surface area contributed by atoms with Crippen LogP contribution in [0.3, 0.4) is 0 Å². The van der Waals surface area contributed by atoms with Crippen molar-refractivity contribution in [3.8, 4) is 0 Å². The third-order valence-electron chi connectivity index (χ3n) is 4.99. The van der Waals surface area contributed by atoms with Crippen LogP contribution in [0.5, 0.6) is 0 Å². The Bertz CT molecular complexity index is 1150. The predicted molar refractivity (Wildman–Crippen MR) is 112 cm³/mol. The molecule has 4 rings (SSSR count). The van der Waals surface area contributed by atoms with Gasteiger partial charge in [0.25, 0.3) is 5.91 Å². The number of nitrogens with one attached hydrogen (secondary N) is 1. The number of hydrogen-bond donors (Lipinski definition) is 1. The summed E-state index contributed by atoms with van der Waals surface area (Å²) in [5.74, 6) is 0.358.